The molecule has 34 heavy (non-hydrogen) atoms. The molecule has 1 aliphatic rings. The first-order valence-corrected chi connectivity index (χ1v) is 11.2. The second kappa shape index (κ2) is 8.62. The number of piperidine rings is 1. The van der Waals surface area contributed by atoms with Gasteiger partial charge in [-0.25, -0.2) is 14.2 Å². The number of likely N-dealkylation sites (N-methyl/N-ethyl adjacent to an activating group) is 1. The zero-order valence-corrected chi connectivity index (χ0v) is 20.1. The predicted molar refractivity (Wildman–Crippen MR) is 130 cm³/mol. The quantitative estimate of drug-likeness (QED) is 0.529. The van der Waals surface area contributed by atoms with E-state index < -0.39 is 11.4 Å². The highest BCUT2D eigenvalue weighted by atomic mass is 19.1. The van der Waals surface area contributed by atoms with E-state index in [2.05, 4.69) is 32.0 Å². The van der Waals surface area contributed by atoms with Crippen LogP contribution in [0.15, 0.2) is 18.2 Å². The molecule has 10 nitrogen and oxygen atoms in total. The number of aromatic amines is 1. The van der Waals surface area contributed by atoms with Crippen LogP contribution in [0.3, 0.4) is 0 Å². The number of nitrogens with one attached hydrogen (secondary N) is 1. The summed E-state index contributed by atoms with van der Waals surface area (Å²) in [6, 6.07) is 4.79. The molecule has 2 atom stereocenters. The number of halogens is 1. The van der Waals surface area contributed by atoms with E-state index in [1.54, 1.807) is 24.1 Å². The minimum atomic E-state index is -0.572. The number of hydrogen-bond acceptors (Lipinski definition) is 8. The fraction of sp³-hybridized carbons (Fsp3) is 0.478. The second-order valence-electron chi connectivity index (χ2n) is 9.95. The average Bonchev–Trinajstić information content (AvgIpc) is 3.12. The zero-order valence-electron chi connectivity index (χ0n) is 20.1. The van der Waals surface area contributed by atoms with Crippen LogP contribution in [0.2, 0.25) is 0 Å². The molecule has 3 heterocycles. The van der Waals surface area contributed by atoms with Crippen LogP contribution in [0.1, 0.15) is 34.1 Å². The lowest BCUT2D eigenvalue weighted by atomic mass is 9.95. The monoisotopic (exact) mass is 470 g/mol. The summed E-state index contributed by atoms with van der Waals surface area (Å²) in [5.74, 6) is 0.589. The lowest BCUT2D eigenvalue weighted by Gasteiger charge is -2.41. The molecule has 182 valence electrons. The zero-order chi connectivity index (χ0) is 24.8. The van der Waals surface area contributed by atoms with E-state index in [0.29, 0.717) is 35.1 Å². The van der Waals surface area contributed by atoms with Crippen molar-refractivity contribution in [1.29, 1.82) is 0 Å². The SMILES string of the molecule is C[C@@H]1C[C@@H](N(C)C(=O)OC(C)(C)C)CN(c2cc(-c3cc(F)c4c(N)n[nH]c4c3)nc(N)n2)C1. The molecule has 3 aromatic rings. The van der Waals surface area contributed by atoms with Gasteiger partial charge in [-0.05, 0) is 45.2 Å². The maximum absolute atomic E-state index is 14.7. The molecule has 2 aromatic heterocycles. The van der Waals surface area contributed by atoms with Crippen LogP contribution >= 0.6 is 0 Å². The lowest BCUT2D eigenvalue weighted by Crippen LogP contribution is -2.52. The minimum Gasteiger partial charge on any atom is -0.444 e. The van der Waals surface area contributed by atoms with Crippen molar-refractivity contribution in [2.75, 3.05) is 36.5 Å². The molecule has 0 saturated carbocycles. The number of ether oxygens (including phenoxy) is 1. The lowest BCUT2D eigenvalue weighted by molar-refractivity contribution is 0.0195. The Balaban J connectivity index is 1.62. The number of carbonyl (C=O) groups is 1. The van der Waals surface area contributed by atoms with Gasteiger partial charge < -0.3 is 26.0 Å². The topological polar surface area (TPSA) is 139 Å². The summed E-state index contributed by atoms with van der Waals surface area (Å²) in [5.41, 5.74) is 12.7. The number of rotatable bonds is 3. The standard InChI is InChI=1S/C23H31FN8O2/c1-12-6-14(31(5)22(33)34-23(2,3)4)11-32(10-12)18-9-16(27-21(26)28-18)13-7-15(24)19-17(8-13)29-30-20(19)25/h7-9,12,14H,6,10-11H2,1-5H3,(H3,25,29,30)(H2,26,27,28)/t12-,14-/m1/s1. The summed E-state index contributed by atoms with van der Waals surface area (Å²) in [7, 11) is 1.75. The van der Waals surface area contributed by atoms with Gasteiger partial charge in [0.25, 0.3) is 0 Å². The van der Waals surface area contributed by atoms with Crippen molar-refractivity contribution in [2.24, 2.45) is 5.92 Å². The molecule has 1 saturated heterocycles. The van der Waals surface area contributed by atoms with E-state index in [-0.39, 0.29) is 29.3 Å². The van der Waals surface area contributed by atoms with Gasteiger partial charge in [0, 0.05) is 31.8 Å². The highest BCUT2D eigenvalue weighted by Crippen LogP contribution is 2.31. The van der Waals surface area contributed by atoms with Crippen molar-refractivity contribution < 1.29 is 13.9 Å². The molecule has 0 radical (unpaired) electrons. The van der Waals surface area contributed by atoms with Gasteiger partial charge in [0.15, 0.2) is 5.82 Å². The number of amides is 1. The van der Waals surface area contributed by atoms with Gasteiger partial charge in [-0.1, -0.05) is 6.92 Å². The fourth-order valence-corrected chi connectivity index (χ4v) is 4.31. The van der Waals surface area contributed by atoms with Gasteiger partial charge in [-0.3, -0.25) is 5.10 Å². The van der Waals surface area contributed by atoms with E-state index in [0.717, 1.165) is 13.0 Å². The molecule has 0 bridgehead atoms. The first kappa shape index (κ1) is 23.5. The fourth-order valence-electron chi connectivity index (χ4n) is 4.31. The Kier molecular flexibility index (Phi) is 5.96. The van der Waals surface area contributed by atoms with E-state index in [9.17, 15) is 9.18 Å². The third-order valence-corrected chi connectivity index (χ3v) is 5.86. The number of hydrogen-bond donors (Lipinski definition) is 3. The predicted octanol–water partition coefficient (Wildman–Crippen LogP) is 3.41. The summed E-state index contributed by atoms with van der Waals surface area (Å²) in [5, 5.41) is 6.85. The Bertz CT molecular complexity index is 1220. The Morgan fingerprint density at radius 1 is 1.24 bits per heavy atom. The molecule has 4 rings (SSSR count). The van der Waals surface area contributed by atoms with Crippen molar-refractivity contribution in [2.45, 2.75) is 45.8 Å². The summed E-state index contributed by atoms with van der Waals surface area (Å²) in [6.45, 7) is 8.95. The molecular formula is C23H31FN8O2. The highest BCUT2D eigenvalue weighted by Gasteiger charge is 2.32. The van der Waals surface area contributed by atoms with E-state index in [4.69, 9.17) is 16.2 Å². The minimum absolute atomic E-state index is 0.0694. The first-order valence-electron chi connectivity index (χ1n) is 11.2. The summed E-state index contributed by atoms with van der Waals surface area (Å²) >= 11 is 0. The molecule has 11 heteroatoms. The van der Waals surface area contributed by atoms with Gasteiger partial charge in [0.1, 0.15) is 17.2 Å². The van der Waals surface area contributed by atoms with Crippen LogP contribution in [-0.2, 0) is 4.74 Å². The Morgan fingerprint density at radius 2 is 1.97 bits per heavy atom. The number of aromatic nitrogens is 4. The number of nitrogens with two attached hydrogens (primary N) is 2. The number of anilines is 3. The number of nitrogens with zero attached hydrogens (tertiary/aromatic N) is 5. The third-order valence-electron chi connectivity index (χ3n) is 5.86. The van der Waals surface area contributed by atoms with Crippen LogP contribution in [0.4, 0.5) is 26.8 Å². The molecule has 0 aliphatic carbocycles. The maximum Gasteiger partial charge on any atom is 0.410 e. The van der Waals surface area contributed by atoms with Gasteiger partial charge in [-0.15, -0.1) is 0 Å². The number of H-pyrrole nitrogens is 1. The number of fused-ring (bicyclic) bond motifs is 1. The van der Waals surface area contributed by atoms with Gasteiger partial charge in [0.05, 0.1) is 22.6 Å². The molecule has 1 amide bonds. The van der Waals surface area contributed by atoms with Crippen molar-refractivity contribution in [1.82, 2.24) is 25.1 Å². The molecular weight excluding hydrogens is 439 g/mol. The number of benzene rings is 1. The number of carbonyl (C=O) groups excluding carboxylic acids is 1. The molecule has 1 fully saturated rings. The van der Waals surface area contributed by atoms with Gasteiger partial charge in [0.2, 0.25) is 5.95 Å². The van der Waals surface area contributed by atoms with Crippen LogP contribution in [0.5, 0.6) is 0 Å². The average molecular weight is 471 g/mol. The van der Waals surface area contributed by atoms with Crippen molar-refractivity contribution in [3.05, 3.63) is 24.0 Å². The molecule has 1 aliphatic heterocycles. The van der Waals surface area contributed by atoms with Gasteiger partial charge >= 0.3 is 6.09 Å². The molecule has 0 unspecified atom stereocenters. The first-order chi connectivity index (χ1) is 15.9. The summed E-state index contributed by atoms with van der Waals surface area (Å²) in [6.07, 6.45) is 0.472. The second-order valence-corrected chi connectivity index (χ2v) is 9.95. The van der Waals surface area contributed by atoms with Crippen molar-refractivity contribution >= 4 is 34.6 Å². The molecule has 5 N–H and O–H groups in total. The van der Waals surface area contributed by atoms with Crippen LogP contribution in [-0.4, -0.2) is 62.9 Å². The highest BCUT2D eigenvalue weighted by molar-refractivity contribution is 5.92. The van der Waals surface area contributed by atoms with Crippen molar-refractivity contribution in [3.63, 3.8) is 0 Å². The van der Waals surface area contributed by atoms with Crippen molar-refractivity contribution in [3.8, 4) is 11.3 Å². The van der Waals surface area contributed by atoms with Crippen LogP contribution in [0.25, 0.3) is 22.2 Å². The Hall–Kier alpha value is -3.63. The van der Waals surface area contributed by atoms with Crippen LogP contribution < -0.4 is 16.4 Å². The summed E-state index contributed by atoms with van der Waals surface area (Å²) < 4.78 is 20.2. The van der Waals surface area contributed by atoms with E-state index in [1.807, 2.05) is 20.8 Å². The maximum atomic E-state index is 14.7. The Labute approximate surface area is 197 Å². The van der Waals surface area contributed by atoms with E-state index >= 15 is 0 Å². The Morgan fingerprint density at radius 3 is 2.68 bits per heavy atom. The molecule has 1 aromatic carbocycles. The van der Waals surface area contributed by atoms with E-state index in [1.165, 1.54) is 6.07 Å². The van der Waals surface area contributed by atoms with Crippen LogP contribution in [0, 0.1) is 11.7 Å². The normalized spacial score (nSPS) is 18.8. The third kappa shape index (κ3) is 4.82. The molecule has 0 spiro atoms. The smallest absolute Gasteiger partial charge is 0.410 e. The van der Waals surface area contributed by atoms with Gasteiger partial charge in [-0.2, -0.15) is 10.1 Å². The summed E-state index contributed by atoms with van der Waals surface area (Å²) in [4.78, 5) is 25.1. The largest absolute Gasteiger partial charge is 0.444 e. The number of nitrogen functional groups attached to an aromatic ring is 2.